The molecule has 5 nitrogen and oxygen atoms in total. The summed E-state index contributed by atoms with van der Waals surface area (Å²) in [6, 6.07) is -0.0627. The molecule has 0 radical (unpaired) electrons. The monoisotopic (exact) mass is 407 g/mol. The Labute approximate surface area is 134 Å². The van der Waals surface area contributed by atoms with Gasteiger partial charge in [-0.05, 0) is 22.0 Å². The lowest BCUT2D eigenvalue weighted by molar-refractivity contribution is -0.137. The van der Waals surface area contributed by atoms with Crippen LogP contribution in [0.5, 0.6) is 0 Å². The molecule has 1 aliphatic carbocycles. The summed E-state index contributed by atoms with van der Waals surface area (Å²) >= 11 is 7.12. The maximum atomic E-state index is 11.8. The van der Waals surface area contributed by atoms with Gasteiger partial charge in [0.15, 0.2) is 11.5 Å². The predicted octanol–water partition coefficient (Wildman–Crippen LogP) is 2.49. The second-order valence-corrected chi connectivity index (χ2v) is 6.10. The third-order valence-electron chi connectivity index (χ3n) is 3.47. The van der Waals surface area contributed by atoms with Crippen molar-refractivity contribution in [2.24, 2.45) is 5.92 Å². The number of hydrogen-bond donors (Lipinski definition) is 0. The van der Waals surface area contributed by atoms with E-state index < -0.39 is 0 Å². The van der Waals surface area contributed by atoms with Crippen LogP contribution < -0.4 is 0 Å². The smallest absolute Gasteiger partial charge is 0.354 e. The molecule has 0 fully saturated rings. The van der Waals surface area contributed by atoms with Gasteiger partial charge in [-0.1, -0.05) is 15.9 Å². The molecule has 0 saturated heterocycles. The maximum absolute atomic E-state index is 11.8. The van der Waals surface area contributed by atoms with Gasteiger partial charge >= 0.3 is 5.97 Å². The fraction of sp³-hybridized carbons (Fsp3) is 0.462. The second-order valence-electron chi connectivity index (χ2n) is 4.39. The topological polar surface area (TPSA) is 48.0 Å². The van der Waals surface area contributed by atoms with E-state index in [4.69, 9.17) is 14.2 Å². The lowest BCUT2D eigenvalue weighted by atomic mass is 9.95. The van der Waals surface area contributed by atoms with Gasteiger partial charge in [0.2, 0.25) is 0 Å². The summed E-state index contributed by atoms with van der Waals surface area (Å²) in [4.78, 5) is 13.7. The van der Waals surface area contributed by atoms with Crippen LogP contribution in [-0.2, 0) is 19.0 Å². The number of nitrogens with zero attached hydrogens (tertiary/aromatic N) is 1. The summed E-state index contributed by atoms with van der Waals surface area (Å²) in [5.74, 6) is 0.848. The van der Waals surface area contributed by atoms with E-state index in [-0.39, 0.29) is 17.9 Å². The van der Waals surface area contributed by atoms with Gasteiger partial charge in [-0.25, -0.2) is 4.79 Å². The van der Waals surface area contributed by atoms with Gasteiger partial charge in [0, 0.05) is 13.0 Å². The Morgan fingerprint density at radius 3 is 2.20 bits per heavy atom. The van der Waals surface area contributed by atoms with Gasteiger partial charge in [0.05, 0.1) is 36.3 Å². The van der Waals surface area contributed by atoms with Crippen molar-refractivity contribution in [3.63, 3.8) is 0 Å². The van der Waals surface area contributed by atoms with E-state index in [2.05, 4.69) is 31.9 Å². The number of halogens is 2. The van der Waals surface area contributed by atoms with E-state index in [0.717, 1.165) is 8.96 Å². The molecule has 2 rings (SSSR count). The van der Waals surface area contributed by atoms with Crippen molar-refractivity contribution in [1.82, 2.24) is 4.90 Å². The average molecular weight is 409 g/mol. The minimum atomic E-state index is -0.361. The molecule has 0 aromatic carbocycles. The average Bonchev–Trinajstić information content (AvgIpc) is 2.79. The van der Waals surface area contributed by atoms with Crippen molar-refractivity contribution in [2.75, 3.05) is 28.4 Å². The number of rotatable bonds is 3. The van der Waals surface area contributed by atoms with Gasteiger partial charge in [0.1, 0.15) is 5.70 Å². The molecule has 1 heterocycles. The van der Waals surface area contributed by atoms with Crippen molar-refractivity contribution in [2.45, 2.75) is 6.04 Å². The van der Waals surface area contributed by atoms with Gasteiger partial charge in [-0.3, -0.25) is 0 Å². The lowest BCUT2D eigenvalue weighted by Crippen LogP contribution is -2.36. The van der Waals surface area contributed by atoms with E-state index in [1.807, 2.05) is 18.0 Å². The summed E-state index contributed by atoms with van der Waals surface area (Å²) in [5, 5.41) is 0. The molecule has 1 aliphatic heterocycles. The van der Waals surface area contributed by atoms with Crippen LogP contribution in [0.25, 0.3) is 0 Å². The maximum Gasteiger partial charge on any atom is 0.354 e. The summed E-state index contributed by atoms with van der Waals surface area (Å²) in [6.07, 6.45) is 1.87. The Morgan fingerprint density at radius 1 is 1.15 bits per heavy atom. The van der Waals surface area contributed by atoms with Crippen LogP contribution in [-0.4, -0.2) is 45.3 Å². The molecule has 0 aromatic heterocycles. The highest BCUT2D eigenvalue weighted by molar-refractivity contribution is 9.12. The molecule has 2 unspecified atom stereocenters. The molecule has 0 amide bonds. The highest BCUT2D eigenvalue weighted by atomic mass is 79.9. The van der Waals surface area contributed by atoms with Crippen molar-refractivity contribution >= 4 is 37.8 Å². The van der Waals surface area contributed by atoms with Crippen LogP contribution in [0.1, 0.15) is 0 Å². The fourth-order valence-electron chi connectivity index (χ4n) is 2.51. The van der Waals surface area contributed by atoms with Crippen molar-refractivity contribution in [3.8, 4) is 0 Å². The van der Waals surface area contributed by atoms with Gasteiger partial charge in [0.25, 0.3) is 0 Å². The molecule has 0 aromatic rings. The highest BCUT2D eigenvalue weighted by Gasteiger charge is 2.44. The molecule has 0 N–H and O–H groups in total. The summed E-state index contributed by atoms with van der Waals surface area (Å²) in [5.41, 5.74) is 0.518. The van der Waals surface area contributed by atoms with E-state index in [0.29, 0.717) is 17.2 Å². The molecule has 2 atom stereocenters. The Kier molecular flexibility index (Phi) is 4.49. The van der Waals surface area contributed by atoms with E-state index in [1.165, 1.54) is 7.11 Å². The summed E-state index contributed by atoms with van der Waals surface area (Å²) < 4.78 is 17.3. The van der Waals surface area contributed by atoms with Crippen LogP contribution >= 0.6 is 31.9 Å². The molecule has 2 aliphatic rings. The van der Waals surface area contributed by atoms with E-state index in [1.54, 1.807) is 14.2 Å². The zero-order valence-electron chi connectivity index (χ0n) is 11.6. The van der Waals surface area contributed by atoms with E-state index in [9.17, 15) is 4.79 Å². The second kappa shape index (κ2) is 5.81. The fourth-order valence-corrected chi connectivity index (χ4v) is 4.17. The first-order chi connectivity index (χ1) is 9.47. The van der Waals surface area contributed by atoms with Crippen LogP contribution in [0, 0.1) is 5.92 Å². The number of carbonyl (C=O) groups is 1. The largest absolute Gasteiger partial charge is 0.492 e. The van der Waals surface area contributed by atoms with Crippen molar-refractivity contribution < 1.29 is 19.0 Å². The molecule has 7 heteroatoms. The number of esters is 1. The predicted molar refractivity (Wildman–Crippen MR) is 81.1 cm³/mol. The van der Waals surface area contributed by atoms with Gasteiger partial charge in [-0.15, -0.1) is 0 Å². The normalized spacial score (nSPS) is 25.5. The van der Waals surface area contributed by atoms with Crippen molar-refractivity contribution in [3.05, 3.63) is 32.3 Å². The standard InChI is InChI=1S/C13H15Br2NO4/c1-16-7(13(17)20-4)5-6-8(14)11(18-2)12(19-3)9(15)10(6)16/h5-6,10H,1-4H3. The van der Waals surface area contributed by atoms with Gasteiger partial charge < -0.3 is 19.1 Å². The number of ether oxygens (including phenoxy) is 3. The number of carbonyl (C=O) groups excluding carboxylic acids is 1. The molecule has 110 valence electrons. The Hall–Kier alpha value is -0.950. The minimum absolute atomic E-state index is 0.0303. The molecule has 0 saturated carbocycles. The minimum Gasteiger partial charge on any atom is -0.492 e. The van der Waals surface area contributed by atoms with Crippen LogP contribution in [0.4, 0.5) is 0 Å². The van der Waals surface area contributed by atoms with Crippen molar-refractivity contribution in [1.29, 1.82) is 0 Å². The third-order valence-corrected chi connectivity index (χ3v) is 5.19. The number of hydrogen-bond acceptors (Lipinski definition) is 5. The Balaban J connectivity index is 2.52. The zero-order valence-corrected chi connectivity index (χ0v) is 14.7. The van der Waals surface area contributed by atoms with Crippen LogP contribution in [0.15, 0.2) is 32.3 Å². The number of likely N-dealkylation sites (N-methyl/N-ethyl adjacent to an activating group) is 1. The Bertz CT molecular complexity index is 538. The quantitative estimate of drug-likeness (QED) is 0.671. The number of methoxy groups -OCH3 is 3. The molecule has 0 spiro atoms. The van der Waals surface area contributed by atoms with Gasteiger partial charge in [-0.2, -0.15) is 0 Å². The van der Waals surface area contributed by atoms with E-state index >= 15 is 0 Å². The SMILES string of the molecule is COC(=O)C1=CC2C(Br)=C(OC)C(OC)=C(Br)C2N1C. The summed E-state index contributed by atoms with van der Waals surface area (Å²) in [7, 11) is 6.38. The lowest BCUT2D eigenvalue weighted by Gasteiger charge is -2.33. The number of fused-ring (bicyclic) bond motifs is 1. The molecular weight excluding hydrogens is 394 g/mol. The van der Waals surface area contributed by atoms with Crippen LogP contribution in [0.3, 0.4) is 0 Å². The first kappa shape index (κ1) is 15.4. The molecular formula is C13H15Br2NO4. The summed E-state index contributed by atoms with van der Waals surface area (Å²) in [6.45, 7) is 0. The van der Waals surface area contributed by atoms with Crippen LogP contribution in [0.2, 0.25) is 0 Å². The first-order valence-corrected chi connectivity index (χ1v) is 7.47. The Morgan fingerprint density at radius 2 is 1.70 bits per heavy atom. The molecule has 0 bridgehead atoms. The first-order valence-electron chi connectivity index (χ1n) is 5.88. The highest BCUT2D eigenvalue weighted by Crippen LogP contribution is 2.47. The third kappa shape index (κ3) is 2.16. The zero-order chi connectivity index (χ0) is 15.0. The molecule has 20 heavy (non-hydrogen) atoms.